The van der Waals surface area contributed by atoms with Gasteiger partial charge in [0.2, 0.25) is 0 Å². The highest BCUT2D eigenvalue weighted by atomic mass is 16.5. The first-order chi connectivity index (χ1) is 7.74. The molecule has 1 saturated carbocycles. The number of rotatable bonds is 9. The summed E-state index contributed by atoms with van der Waals surface area (Å²) in [5.41, 5.74) is 0. The maximum atomic E-state index is 11.4. The summed E-state index contributed by atoms with van der Waals surface area (Å²) in [4.78, 5) is 22.4. The van der Waals surface area contributed by atoms with Gasteiger partial charge in [0.05, 0.1) is 6.61 Å². The van der Waals surface area contributed by atoms with Crippen LogP contribution in [-0.4, -0.2) is 18.4 Å². The molecule has 1 fully saturated rings. The van der Waals surface area contributed by atoms with E-state index in [9.17, 15) is 9.59 Å². The van der Waals surface area contributed by atoms with Crippen LogP contribution >= 0.6 is 0 Å². The Morgan fingerprint density at radius 1 is 1.06 bits per heavy atom. The Kier molecular flexibility index (Phi) is 6.12. The van der Waals surface area contributed by atoms with Crippen molar-refractivity contribution in [3.63, 3.8) is 0 Å². The predicted octanol–water partition coefficient (Wildman–Crippen LogP) is 2.87. The molecule has 92 valence electrons. The molecule has 0 unspecified atom stereocenters. The standard InChI is InChI=1S/C13H22O3/c1-2-16-13(15)8-6-4-3-5-7-12(14)11-9-10-11/h11H,2-10H2,1H3. The van der Waals surface area contributed by atoms with Crippen LogP contribution in [0.2, 0.25) is 0 Å². The summed E-state index contributed by atoms with van der Waals surface area (Å²) in [7, 11) is 0. The minimum atomic E-state index is -0.100. The predicted molar refractivity (Wildman–Crippen MR) is 62.1 cm³/mol. The van der Waals surface area contributed by atoms with Crippen molar-refractivity contribution in [3.8, 4) is 0 Å². The van der Waals surface area contributed by atoms with E-state index < -0.39 is 0 Å². The van der Waals surface area contributed by atoms with Crippen molar-refractivity contribution in [2.75, 3.05) is 6.61 Å². The Bertz CT molecular complexity index is 231. The molecule has 0 atom stereocenters. The Hall–Kier alpha value is -0.860. The molecule has 0 radical (unpaired) electrons. The number of hydrogen-bond acceptors (Lipinski definition) is 3. The number of hydrogen-bond donors (Lipinski definition) is 0. The van der Waals surface area contributed by atoms with E-state index in [2.05, 4.69) is 0 Å². The monoisotopic (exact) mass is 226 g/mol. The zero-order valence-corrected chi connectivity index (χ0v) is 10.2. The van der Waals surface area contributed by atoms with Crippen molar-refractivity contribution in [2.24, 2.45) is 5.92 Å². The van der Waals surface area contributed by atoms with Crippen LogP contribution in [0.25, 0.3) is 0 Å². The fourth-order valence-electron chi connectivity index (χ4n) is 1.76. The summed E-state index contributed by atoms with van der Waals surface area (Å²) < 4.78 is 4.83. The lowest BCUT2D eigenvalue weighted by atomic mass is 10.1. The van der Waals surface area contributed by atoms with Gasteiger partial charge in [0.25, 0.3) is 0 Å². The van der Waals surface area contributed by atoms with Crippen molar-refractivity contribution in [2.45, 2.75) is 58.3 Å². The van der Waals surface area contributed by atoms with Gasteiger partial charge in [0.1, 0.15) is 5.78 Å². The van der Waals surface area contributed by atoms with E-state index in [1.54, 1.807) is 0 Å². The first-order valence-electron chi connectivity index (χ1n) is 6.42. The molecule has 1 aliphatic carbocycles. The normalized spacial score (nSPS) is 14.8. The highest BCUT2D eigenvalue weighted by Gasteiger charge is 2.28. The fourth-order valence-corrected chi connectivity index (χ4v) is 1.76. The van der Waals surface area contributed by atoms with E-state index in [4.69, 9.17) is 4.74 Å². The zero-order chi connectivity index (χ0) is 11.8. The van der Waals surface area contributed by atoms with Gasteiger partial charge in [0, 0.05) is 18.8 Å². The molecule has 1 aliphatic rings. The summed E-state index contributed by atoms with van der Waals surface area (Å²) in [6.07, 6.45) is 7.43. The molecule has 0 aromatic rings. The Labute approximate surface area is 97.5 Å². The molecule has 0 saturated heterocycles. The smallest absolute Gasteiger partial charge is 0.305 e. The van der Waals surface area contributed by atoms with Gasteiger partial charge in [-0.05, 0) is 32.6 Å². The van der Waals surface area contributed by atoms with E-state index >= 15 is 0 Å². The van der Waals surface area contributed by atoms with Gasteiger partial charge >= 0.3 is 5.97 Å². The average Bonchev–Trinajstić information content (AvgIpc) is 3.06. The minimum absolute atomic E-state index is 0.100. The van der Waals surface area contributed by atoms with E-state index in [0.29, 0.717) is 24.7 Å². The maximum absolute atomic E-state index is 11.4. The topological polar surface area (TPSA) is 43.4 Å². The number of carbonyl (C=O) groups excluding carboxylic acids is 2. The molecule has 3 heteroatoms. The van der Waals surface area contributed by atoms with Gasteiger partial charge in [-0.3, -0.25) is 9.59 Å². The summed E-state index contributed by atoms with van der Waals surface area (Å²) >= 11 is 0. The van der Waals surface area contributed by atoms with Gasteiger partial charge in [-0.2, -0.15) is 0 Å². The van der Waals surface area contributed by atoms with Gasteiger partial charge in [-0.15, -0.1) is 0 Å². The lowest BCUT2D eigenvalue weighted by molar-refractivity contribution is -0.143. The van der Waals surface area contributed by atoms with Crippen LogP contribution in [0.5, 0.6) is 0 Å². The maximum Gasteiger partial charge on any atom is 0.305 e. The second-order valence-corrected chi connectivity index (χ2v) is 4.46. The first-order valence-corrected chi connectivity index (χ1v) is 6.42. The zero-order valence-electron chi connectivity index (χ0n) is 10.2. The number of esters is 1. The Morgan fingerprint density at radius 3 is 2.25 bits per heavy atom. The average molecular weight is 226 g/mol. The molecule has 0 amide bonds. The molecular weight excluding hydrogens is 204 g/mol. The highest BCUT2D eigenvalue weighted by Crippen LogP contribution is 2.31. The molecule has 0 spiro atoms. The van der Waals surface area contributed by atoms with Crippen LogP contribution in [0.1, 0.15) is 58.3 Å². The number of unbranched alkanes of at least 4 members (excludes halogenated alkanes) is 3. The molecule has 0 aromatic carbocycles. The third-order valence-corrected chi connectivity index (χ3v) is 2.89. The Morgan fingerprint density at radius 2 is 1.69 bits per heavy atom. The molecule has 3 nitrogen and oxygen atoms in total. The molecule has 0 N–H and O–H groups in total. The molecule has 1 rings (SSSR count). The van der Waals surface area contributed by atoms with Crippen molar-refractivity contribution in [1.82, 2.24) is 0 Å². The largest absolute Gasteiger partial charge is 0.466 e. The summed E-state index contributed by atoms with van der Waals surface area (Å²) in [6, 6.07) is 0. The van der Waals surface area contributed by atoms with Gasteiger partial charge in [-0.1, -0.05) is 12.8 Å². The Balaban J connectivity index is 1.84. The SMILES string of the molecule is CCOC(=O)CCCCCCC(=O)C1CC1. The van der Waals surface area contributed by atoms with Gasteiger partial charge < -0.3 is 4.74 Å². The van der Waals surface area contributed by atoms with Crippen LogP contribution in [0.3, 0.4) is 0 Å². The van der Waals surface area contributed by atoms with E-state index in [0.717, 1.165) is 44.9 Å². The highest BCUT2D eigenvalue weighted by molar-refractivity contribution is 5.83. The van der Waals surface area contributed by atoms with E-state index in [1.807, 2.05) is 6.92 Å². The van der Waals surface area contributed by atoms with Crippen molar-refractivity contribution < 1.29 is 14.3 Å². The van der Waals surface area contributed by atoms with Crippen LogP contribution < -0.4 is 0 Å². The van der Waals surface area contributed by atoms with Crippen molar-refractivity contribution >= 4 is 11.8 Å². The first kappa shape index (κ1) is 13.2. The quantitative estimate of drug-likeness (QED) is 0.448. The molecule has 0 aliphatic heterocycles. The number of carbonyl (C=O) groups is 2. The van der Waals surface area contributed by atoms with E-state index in [1.165, 1.54) is 0 Å². The number of Topliss-reactive ketones (excluding diaryl/α,β-unsaturated/α-hetero) is 1. The van der Waals surface area contributed by atoms with Crippen LogP contribution in [0.15, 0.2) is 0 Å². The summed E-state index contributed by atoms with van der Waals surface area (Å²) in [5.74, 6) is 0.751. The lowest BCUT2D eigenvalue weighted by Crippen LogP contribution is -2.03. The summed E-state index contributed by atoms with van der Waals surface area (Å²) in [6.45, 7) is 2.29. The second kappa shape index (κ2) is 7.42. The van der Waals surface area contributed by atoms with Crippen molar-refractivity contribution in [1.29, 1.82) is 0 Å². The molecule has 0 bridgehead atoms. The van der Waals surface area contributed by atoms with Crippen LogP contribution in [-0.2, 0) is 14.3 Å². The number of ketones is 1. The minimum Gasteiger partial charge on any atom is -0.466 e. The van der Waals surface area contributed by atoms with Crippen LogP contribution in [0, 0.1) is 5.92 Å². The summed E-state index contributed by atoms with van der Waals surface area (Å²) in [5, 5.41) is 0. The molecule has 0 heterocycles. The van der Waals surface area contributed by atoms with Crippen molar-refractivity contribution in [3.05, 3.63) is 0 Å². The molecule has 0 aromatic heterocycles. The third-order valence-electron chi connectivity index (χ3n) is 2.89. The third kappa shape index (κ3) is 5.89. The van der Waals surface area contributed by atoms with Gasteiger partial charge in [0.15, 0.2) is 0 Å². The second-order valence-electron chi connectivity index (χ2n) is 4.46. The fraction of sp³-hybridized carbons (Fsp3) is 0.846. The van der Waals surface area contributed by atoms with Crippen LogP contribution in [0.4, 0.5) is 0 Å². The molecule has 16 heavy (non-hydrogen) atoms. The van der Waals surface area contributed by atoms with Gasteiger partial charge in [-0.25, -0.2) is 0 Å². The molecular formula is C13H22O3. The lowest BCUT2D eigenvalue weighted by Gasteiger charge is -2.02. The van der Waals surface area contributed by atoms with E-state index in [-0.39, 0.29) is 5.97 Å². The number of ether oxygens (including phenoxy) is 1.